The molecule has 0 radical (unpaired) electrons. The maximum Gasteiger partial charge on any atom is 0.208 e. The highest BCUT2D eigenvalue weighted by Gasteiger charge is 2.32. The van der Waals surface area contributed by atoms with Gasteiger partial charge in [-0.2, -0.15) is 0 Å². The predicted molar refractivity (Wildman–Crippen MR) is 64.7 cm³/mol. The molecule has 0 bridgehead atoms. The van der Waals surface area contributed by atoms with Gasteiger partial charge in [-0.15, -0.1) is 0 Å². The van der Waals surface area contributed by atoms with E-state index in [2.05, 4.69) is 13.8 Å². The molecule has 0 aromatic rings. The Morgan fingerprint density at radius 3 is 2.56 bits per heavy atom. The van der Waals surface area contributed by atoms with E-state index in [0.29, 0.717) is 0 Å². The molecule has 2 aliphatic rings. The van der Waals surface area contributed by atoms with E-state index in [1.54, 1.807) is 14.2 Å². The van der Waals surface area contributed by atoms with Crippen molar-refractivity contribution in [1.82, 2.24) is 0 Å². The molecule has 88 valence electrons. The largest absolute Gasteiger partial charge is 0.346 e. The Hall–Kier alpha value is -0.930. The monoisotopic (exact) mass is 221 g/mol. The number of hydrogen-bond donors (Lipinski definition) is 0. The van der Waals surface area contributed by atoms with Crippen LogP contribution in [0.15, 0.2) is 28.8 Å². The van der Waals surface area contributed by atoms with Gasteiger partial charge in [-0.1, -0.05) is 0 Å². The van der Waals surface area contributed by atoms with Crippen molar-refractivity contribution in [2.24, 2.45) is 4.99 Å². The number of ether oxygens (including phenoxy) is 2. The molecule has 1 aliphatic heterocycles. The van der Waals surface area contributed by atoms with Crippen molar-refractivity contribution < 1.29 is 9.47 Å². The maximum atomic E-state index is 5.39. The Morgan fingerprint density at radius 1 is 1.25 bits per heavy atom. The average Bonchev–Trinajstić information content (AvgIpc) is 2.28. The first-order valence-corrected chi connectivity index (χ1v) is 5.62. The average molecular weight is 221 g/mol. The van der Waals surface area contributed by atoms with E-state index in [0.717, 1.165) is 18.6 Å². The van der Waals surface area contributed by atoms with Crippen LogP contribution in [0, 0.1) is 0 Å². The maximum absolute atomic E-state index is 5.39. The lowest BCUT2D eigenvalue weighted by Crippen LogP contribution is -2.35. The molecule has 0 aromatic heterocycles. The zero-order valence-corrected chi connectivity index (χ0v) is 10.4. The van der Waals surface area contributed by atoms with Crippen LogP contribution in [-0.2, 0) is 9.47 Å². The van der Waals surface area contributed by atoms with Crippen molar-refractivity contribution >= 4 is 5.71 Å². The highest BCUT2D eigenvalue weighted by molar-refractivity contribution is 6.10. The fraction of sp³-hybridized carbons (Fsp3) is 0.615. The lowest BCUT2D eigenvalue weighted by molar-refractivity contribution is -0.133. The summed E-state index contributed by atoms with van der Waals surface area (Å²) in [6.07, 6.45) is 8.05. The van der Waals surface area contributed by atoms with Gasteiger partial charge >= 0.3 is 0 Å². The van der Waals surface area contributed by atoms with Crippen LogP contribution in [0.25, 0.3) is 0 Å². The van der Waals surface area contributed by atoms with Crippen molar-refractivity contribution in [1.29, 1.82) is 0 Å². The smallest absolute Gasteiger partial charge is 0.208 e. The van der Waals surface area contributed by atoms with Gasteiger partial charge in [0.05, 0.1) is 11.3 Å². The molecule has 1 heterocycles. The Kier molecular flexibility index (Phi) is 2.76. The summed E-state index contributed by atoms with van der Waals surface area (Å²) >= 11 is 0. The van der Waals surface area contributed by atoms with Gasteiger partial charge in [0.2, 0.25) is 5.79 Å². The predicted octanol–water partition coefficient (Wildman–Crippen LogP) is 2.49. The Balaban J connectivity index is 2.35. The second-order valence-corrected chi connectivity index (χ2v) is 4.94. The first-order chi connectivity index (χ1) is 7.50. The molecule has 0 fully saturated rings. The number of fused-ring (bicyclic) bond motifs is 1. The molecule has 3 heteroatoms. The summed E-state index contributed by atoms with van der Waals surface area (Å²) in [7, 11) is 3.31. The molecule has 0 spiro atoms. The highest BCUT2D eigenvalue weighted by atomic mass is 16.7. The summed E-state index contributed by atoms with van der Waals surface area (Å²) in [5.41, 5.74) is 2.35. The minimum absolute atomic E-state index is 0.0527. The van der Waals surface area contributed by atoms with Gasteiger partial charge in [0.25, 0.3) is 0 Å². The molecular weight excluding hydrogens is 202 g/mol. The van der Waals surface area contributed by atoms with E-state index in [9.17, 15) is 0 Å². The van der Waals surface area contributed by atoms with E-state index < -0.39 is 5.79 Å². The van der Waals surface area contributed by atoms with E-state index in [-0.39, 0.29) is 5.54 Å². The molecule has 0 saturated carbocycles. The third-order valence-electron chi connectivity index (χ3n) is 3.25. The molecule has 2 rings (SSSR count). The normalized spacial score (nSPS) is 25.8. The van der Waals surface area contributed by atoms with Crippen molar-refractivity contribution in [3.8, 4) is 0 Å². The van der Waals surface area contributed by atoms with Gasteiger partial charge in [0.15, 0.2) is 0 Å². The van der Waals surface area contributed by atoms with Crippen LogP contribution >= 0.6 is 0 Å². The van der Waals surface area contributed by atoms with Crippen LogP contribution in [0.4, 0.5) is 0 Å². The van der Waals surface area contributed by atoms with Crippen molar-refractivity contribution in [2.75, 3.05) is 14.2 Å². The Bertz CT molecular complexity index is 373. The van der Waals surface area contributed by atoms with Crippen LogP contribution in [0.2, 0.25) is 0 Å². The summed E-state index contributed by atoms with van der Waals surface area (Å²) < 4.78 is 10.8. The third kappa shape index (κ3) is 1.97. The molecule has 0 atom stereocenters. The Labute approximate surface area is 96.9 Å². The number of hydrogen-bond acceptors (Lipinski definition) is 3. The molecule has 3 nitrogen and oxygen atoms in total. The molecule has 16 heavy (non-hydrogen) atoms. The zero-order valence-electron chi connectivity index (χ0n) is 10.4. The zero-order chi connectivity index (χ0) is 11.8. The van der Waals surface area contributed by atoms with Crippen LogP contribution in [-0.4, -0.2) is 31.3 Å². The molecule has 1 aliphatic carbocycles. The number of allylic oxidation sites excluding steroid dienone is 2. The van der Waals surface area contributed by atoms with E-state index in [4.69, 9.17) is 14.5 Å². The quantitative estimate of drug-likeness (QED) is 0.671. The Morgan fingerprint density at radius 2 is 1.94 bits per heavy atom. The third-order valence-corrected chi connectivity index (χ3v) is 3.25. The van der Waals surface area contributed by atoms with Gasteiger partial charge < -0.3 is 9.47 Å². The van der Waals surface area contributed by atoms with Crippen molar-refractivity contribution in [3.63, 3.8) is 0 Å². The van der Waals surface area contributed by atoms with Crippen LogP contribution < -0.4 is 0 Å². The van der Waals surface area contributed by atoms with Gasteiger partial charge in [0.1, 0.15) is 0 Å². The first kappa shape index (κ1) is 11.6. The fourth-order valence-electron chi connectivity index (χ4n) is 2.14. The highest BCUT2D eigenvalue weighted by Crippen LogP contribution is 2.33. The molecular formula is C13H19NO2. The molecule has 0 N–H and O–H groups in total. The van der Waals surface area contributed by atoms with Crippen LogP contribution in [0.3, 0.4) is 0 Å². The lowest BCUT2D eigenvalue weighted by Gasteiger charge is -2.33. The van der Waals surface area contributed by atoms with E-state index >= 15 is 0 Å². The number of aliphatic imine (C=N–C) groups is 1. The minimum atomic E-state index is -0.699. The van der Waals surface area contributed by atoms with Gasteiger partial charge in [-0.25, -0.2) is 0 Å². The van der Waals surface area contributed by atoms with Gasteiger partial charge in [0, 0.05) is 14.2 Å². The van der Waals surface area contributed by atoms with Gasteiger partial charge in [-0.3, -0.25) is 4.99 Å². The second kappa shape index (κ2) is 3.82. The first-order valence-electron chi connectivity index (χ1n) is 5.62. The SMILES string of the molecule is COC1(OC)C=CC2=NC(C)(C)CCC2=C1. The standard InChI is InChI=1S/C13H19NO2/c1-12(2)7-5-10-9-13(15-3,16-4)8-6-11(10)14-12/h6,8-9H,5,7H2,1-4H3. The van der Waals surface area contributed by atoms with Gasteiger partial charge in [-0.05, 0) is 50.5 Å². The summed E-state index contributed by atoms with van der Waals surface area (Å²) in [4.78, 5) is 4.72. The van der Waals surface area contributed by atoms with Crippen molar-refractivity contribution in [2.45, 2.75) is 38.0 Å². The topological polar surface area (TPSA) is 30.8 Å². The summed E-state index contributed by atoms with van der Waals surface area (Å²) in [6, 6.07) is 0. The molecule has 0 aromatic carbocycles. The number of methoxy groups -OCH3 is 2. The van der Waals surface area contributed by atoms with Crippen molar-refractivity contribution in [3.05, 3.63) is 23.8 Å². The summed E-state index contributed by atoms with van der Waals surface area (Å²) in [5.74, 6) is -0.699. The summed E-state index contributed by atoms with van der Waals surface area (Å²) in [6.45, 7) is 4.33. The van der Waals surface area contributed by atoms with Crippen LogP contribution in [0.1, 0.15) is 26.7 Å². The molecule has 0 saturated heterocycles. The minimum Gasteiger partial charge on any atom is -0.346 e. The number of nitrogens with zero attached hydrogens (tertiary/aromatic N) is 1. The number of rotatable bonds is 2. The second-order valence-electron chi connectivity index (χ2n) is 4.94. The molecule has 0 amide bonds. The van der Waals surface area contributed by atoms with E-state index in [1.165, 1.54) is 5.57 Å². The fourth-order valence-corrected chi connectivity index (χ4v) is 2.14. The van der Waals surface area contributed by atoms with E-state index in [1.807, 2.05) is 18.2 Å². The lowest BCUT2D eigenvalue weighted by atomic mass is 9.86. The van der Waals surface area contributed by atoms with Crippen LogP contribution in [0.5, 0.6) is 0 Å². The summed E-state index contributed by atoms with van der Waals surface area (Å²) in [5, 5.41) is 0. The molecule has 0 unspecified atom stereocenters.